The third-order valence-electron chi connectivity index (χ3n) is 3.78. The van der Waals surface area contributed by atoms with Gasteiger partial charge in [-0.1, -0.05) is 18.2 Å². The highest BCUT2D eigenvalue weighted by Crippen LogP contribution is 2.21. The first-order valence-corrected chi connectivity index (χ1v) is 7.21. The molecule has 1 aliphatic rings. The van der Waals surface area contributed by atoms with Crippen LogP contribution in [0.15, 0.2) is 42.6 Å². The van der Waals surface area contributed by atoms with E-state index in [1.54, 1.807) is 0 Å². The molecule has 0 spiro atoms. The maximum Gasteiger partial charge on any atom is 0.0910 e. The summed E-state index contributed by atoms with van der Waals surface area (Å²) in [5, 5.41) is 14.0. The van der Waals surface area contributed by atoms with Crippen molar-refractivity contribution < 1.29 is 9.84 Å². The van der Waals surface area contributed by atoms with Crippen LogP contribution in [-0.2, 0) is 11.3 Å². The van der Waals surface area contributed by atoms with Crippen molar-refractivity contribution in [2.24, 2.45) is 0 Å². The molecule has 106 valence electrons. The molecule has 1 fully saturated rings. The van der Waals surface area contributed by atoms with Crippen LogP contribution in [0.25, 0.3) is 5.69 Å². The fourth-order valence-electron chi connectivity index (χ4n) is 2.58. The van der Waals surface area contributed by atoms with Gasteiger partial charge in [-0.2, -0.15) is 5.10 Å². The predicted octanol–water partition coefficient (Wildman–Crippen LogP) is 2.69. The lowest BCUT2D eigenvalue weighted by atomic mass is 9.95. The standard InChI is InChI=1S/C16H20N2O2/c19-15-6-8-16(9-7-15)20-12-13-10-11-18(17-13)14-4-2-1-3-5-14/h1-5,10-11,15-16,19H,6-9,12H2. The van der Waals surface area contributed by atoms with Gasteiger partial charge < -0.3 is 9.84 Å². The zero-order valence-electron chi connectivity index (χ0n) is 11.5. The fraction of sp³-hybridized carbons (Fsp3) is 0.438. The van der Waals surface area contributed by atoms with Crippen molar-refractivity contribution in [2.45, 2.75) is 44.5 Å². The molecule has 1 saturated carbocycles. The van der Waals surface area contributed by atoms with Crippen molar-refractivity contribution in [3.8, 4) is 5.69 Å². The van der Waals surface area contributed by atoms with Crippen molar-refractivity contribution in [3.05, 3.63) is 48.3 Å². The second kappa shape index (κ2) is 6.20. The number of hydrogen-bond acceptors (Lipinski definition) is 3. The van der Waals surface area contributed by atoms with Gasteiger partial charge >= 0.3 is 0 Å². The van der Waals surface area contributed by atoms with Crippen LogP contribution in [0.3, 0.4) is 0 Å². The summed E-state index contributed by atoms with van der Waals surface area (Å²) < 4.78 is 7.74. The highest BCUT2D eigenvalue weighted by molar-refractivity contribution is 5.30. The van der Waals surface area contributed by atoms with Crippen molar-refractivity contribution in [3.63, 3.8) is 0 Å². The number of benzene rings is 1. The Morgan fingerprint density at radius 2 is 1.85 bits per heavy atom. The molecule has 3 rings (SSSR count). The van der Waals surface area contributed by atoms with E-state index in [4.69, 9.17) is 4.74 Å². The number of aliphatic hydroxyl groups excluding tert-OH is 1. The molecule has 4 heteroatoms. The number of para-hydroxylation sites is 1. The summed E-state index contributed by atoms with van der Waals surface area (Å²) in [4.78, 5) is 0. The number of aliphatic hydroxyl groups is 1. The van der Waals surface area contributed by atoms with E-state index in [-0.39, 0.29) is 12.2 Å². The van der Waals surface area contributed by atoms with E-state index >= 15 is 0 Å². The van der Waals surface area contributed by atoms with Gasteiger partial charge in [0, 0.05) is 6.20 Å². The maximum absolute atomic E-state index is 9.47. The quantitative estimate of drug-likeness (QED) is 0.931. The average molecular weight is 272 g/mol. The van der Waals surface area contributed by atoms with Gasteiger partial charge in [-0.15, -0.1) is 0 Å². The van der Waals surface area contributed by atoms with Crippen LogP contribution in [0.4, 0.5) is 0 Å². The lowest BCUT2D eigenvalue weighted by Crippen LogP contribution is -2.24. The van der Waals surface area contributed by atoms with Gasteiger partial charge in [-0.3, -0.25) is 0 Å². The predicted molar refractivity (Wildman–Crippen MR) is 76.6 cm³/mol. The maximum atomic E-state index is 9.47. The van der Waals surface area contributed by atoms with Crippen molar-refractivity contribution >= 4 is 0 Å². The van der Waals surface area contributed by atoms with E-state index in [2.05, 4.69) is 5.10 Å². The molecule has 2 aromatic rings. The summed E-state index contributed by atoms with van der Waals surface area (Å²) in [5.41, 5.74) is 2.00. The lowest BCUT2D eigenvalue weighted by molar-refractivity contribution is -0.0130. The molecular formula is C16H20N2O2. The summed E-state index contributed by atoms with van der Waals surface area (Å²) in [6.45, 7) is 0.542. The minimum atomic E-state index is -0.132. The van der Waals surface area contributed by atoms with Crippen LogP contribution in [0, 0.1) is 0 Å². The Morgan fingerprint density at radius 3 is 2.60 bits per heavy atom. The summed E-state index contributed by atoms with van der Waals surface area (Å²) >= 11 is 0. The second-order valence-electron chi connectivity index (χ2n) is 5.33. The van der Waals surface area contributed by atoms with Gasteiger partial charge in [0.05, 0.1) is 30.2 Å². The van der Waals surface area contributed by atoms with Crippen molar-refractivity contribution in [2.75, 3.05) is 0 Å². The first-order valence-electron chi connectivity index (χ1n) is 7.21. The molecule has 0 unspecified atom stereocenters. The first-order chi connectivity index (χ1) is 9.81. The largest absolute Gasteiger partial charge is 0.393 e. The molecule has 0 aliphatic heterocycles. The monoisotopic (exact) mass is 272 g/mol. The topological polar surface area (TPSA) is 47.3 Å². The van der Waals surface area contributed by atoms with Crippen LogP contribution in [0.5, 0.6) is 0 Å². The molecule has 1 N–H and O–H groups in total. The first kappa shape index (κ1) is 13.3. The normalized spacial score (nSPS) is 22.9. The van der Waals surface area contributed by atoms with Gasteiger partial charge in [0.1, 0.15) is 0 Å². The average Bonchev–Trinajstić information content (AvgIpc) is 2.97. The minimum Gasteiger partial charge on any atom is -0.393 e. The Kier molecular flexibility index (Phi) is 4.14. The SMILES string of the molecule is OC1CCC(OCc2ccn(-c3ccccc3)n2)CC1. The number of ether oxygens (including phenoxy) is 1. The smallest absolute Gasteiger partial charge is 0.0910 e. The molecule has 0 saturated heterocycles. The minimum absolute atomic E-state index is 0.132. The van der Waals surface area contributed by atoms with Gasteiger partial charge in [-0.25, -0.2) is 4.68 Å². The molecule has 1 aliphatic carbocycles. The Morgan fingerprint density at radius 1 is 1.10 bits per heavy atom. The van der Waals surface area contributed by atoms with Crippen LogP contribution >= 0.6 is 0 Å². The van der Waals surface area contributed by atoms with Crippen LogP contribution in [0.1, 0.15) is 31.4 Å². The van der Waals surface area contributed by atoms with Crippen LogP contribution in [0.2, 0.25) is 0 Å². The van der Waals surface area contributed by atoms with Crippen LogP contribution < -0.4 is 0 Å². The second-order valence-corrected chi connectivity index (χ2v) is 5.33. The highest BCUT2D eigenvalue weighted by Gasteiger charge is 2.19. The van der Waals surface area contributed by atoms with E-state index in [0.29, 0.717) is 6.61 Å². The van der Waals surface area contributed by atoms with Gasteiger partial charge in [0.25, 0.3) is 0 Å². The lowest BCUT2D eigenvalue weighted by Gasteiger charge is -2.25. The Bertz CT molecular complexity index is 530. The molecule has 0 atom stereocenters. The summed E-state index contributed by atoms with van der Waals surface area (Å²) in [7, 11) is 0. The number of hydrogen-bond donors (Lipinski definition) is 1. The molecular weight excluding hydrogens is 252 g/mol. The zero-order chi connectivity index (χ0) is 13.8. The van der Waals surface area contributed by atoms with E-state index in [1.165, 1.54) is 0 Å². The van der Waals surface area contributed by atoms with Gasteiger partial charge in [0.2, 0.25) is 0 Å². The molecule has 1 heterocycles. The Labute approximate surface area is 119 Å². The zero-order valence-corrected chi connectivity index (χ0v) is 11.5. The number of rotatable bonds is 4. The molecule has 0 radical (unpaired) electrons. The van der Waals surface area contributed by atoms with Crippen molar-refractivity contribution in [1.82, 2.24) is 9.78 Å². The van der Waals surface area contributed by atoms with Crippen LogP contribution in [-0.4, -0.2) is 27.1 Å². The Balaban J connectivity index is 1.55. The van der Waals surface area contributed by atoms with E-state index < -0.39 is 0 Å². The molecule has 1 aromatic heterocycles. The Hall–Kier alpha value is -1.65. The molecule has 1 aromatic carbocycles. The number of nitrogens with zero attached hydrogens (tertiary/aromatic N) is 2. The number of aromatic nitrogens is 2. The summed E-state index contributed by atoms with van der Waals surface area (Å²) in [6, 6.07) is 12.0. The fourth-order valence-corrected chi connectivity index (χ4v) is 2.58. The molecule has 20 heavy (non-hydrogen) atoms. The van der Waals surface area contributed by atoms with E-state index in [9.17, 15) is 5.11 Å². The summed E-state index contributed by atoms with van der Waals surface area (Å²) in [5.74, 6) is 0. The third-order valence-corrected chi connectivity index (χ3v) is 3.78. The van der Waals surface area contributed by atoms with E-state index in [1.807, 2.05) is 47.3 Å². The molecule has 0 amide bonds. The van der Waals surface area contributed by atoms with Gasteiger partial charge in [0.15, 0.2) is 0 Å². The molecule has 0 bridgehead atoms. The van der Waals surface area contributed by atoms with Gasteiger partial charge in [-0.05, 0) is 43.9 Å². The molecule has 4 nitrogen and oxygen atoms in total. The van der Waals surface area contributed by atoms with Crippen molar-refractivity contribution in [1.29, 1.82) is 0 Å². The summed E-state index contributed by atoms with van der Waals surface area (Å²) in [6.07, 6.45) is 5.68. The van der Waals surface area contributed by atoms with E-state index in [0.717, 1.165) is 37.1 Å². The highest BCUT2D eigenvalue weighted by atomic mass is 16.5. The third kappa shape index (κ3) is 3.26.